The number of nitrogens with one attached hydrogen (secondary N) is 1. The number of pyridine rings is 1. The molecule has 1 amide bonds. The van der Waals surface area contributed by atoms with Crippen molar-refractivity contribution in [2.75, 3.05) is 5.32 Å². The molecule has 16 heavy (non-hydrogen) atoms. The van der Waals surface area contributed by atoms with E-state index in [0.717, 1.165) is 12.8 Å². The van der Waals surface area contributed by atoms with Gasteiger partial charge < -0.3 is 10.1 Å². The van der Waals surface area contributed by atoms with Crippen LogP contribution in [0.15, 0.2) is 16.7 Å². The maximum absolute atomic E-state index is 10.9. The Hall–Kier alpha value is -1.10. The molecule has 0 bridgehead atoms. The summed E-state index contributed by atoms with van der Waals surface area (Å²) in [6.07, 6.45) is 2.14. The molecule has 1 aliphatic carbocycles. The van der Waals surface area contributed by atoms with E-state index < -0.39 is 0 Å². The number of halogens is 1. The minimum atomic E-state index is -0.120. The first-order valence-electron chi connectivity index (χ1n) is 5.12. The van der Waals surface area contributed by atoms with Crippen LogP contribution in [0.4, 0.5) is 5.69 Å². The molecule has 0 atom stereocenters. The van der Waals surface area contributed by atoms with Gasteiger partial charge in [0.25, 0.3) is 0 Å². The molecule has 0 radical (unpaired) electrons. The van der Waals surface area contributed by atoms with Crippen LogP contribution in [-0.4, -0.2) is 16.5 Å². The van der Waals surface area contributed by atoms with Crippen LogP contribution < -0.4 is 10.1 Å². The lowest BCUT2D eigenvalue weighted by Gasteiger charge is -2.12. The monoisotopic (exact) mass is 284 g/mol. The summed E-state index contributed by atoms with van der Waals surface area (Å²) >= 11 is 3.30. The van der Waals surface area contributed by atoms with Crippen molar-refractivity contribution in [3.8, 4) is 5.88 Å². The summed E-state index contributed by atoms with van der Waals surface area (Å²) in [6.45, 7) is 3.52. The number of carbonyl (C=O) groups is 1. The Balaban J connectivity index is 2.12. The van der Waals surface area contributed by atoms with Crippen LogP contribution in [0, 0.1) is 0 Å². The maximum atomic E-state index is 10.9. The number of rotatable bonds is 3. The lowest BCUT2D eigenvalue weighted by Crippen LogP contribution is -2.13. The molecule has 5 heteroatoms. The van der Waals surface area contributed by atoms with Crippen molar-refractivity contribution < 1.29 is 9.53 Å². The molecule has 1 aromatic heterocycles. The lowest BCUT2D eigenvalue weighted by molar-refractivity contribution is -0.114. The van der Waals surface area contributed by atoms with Gasteiger partial charge in [0.05, 0.1) is 5.69 Å². The number of anilines is 1. The Bertz CT molecular complexity index is 430. The first-order chi connectivity index (χ1) is 7.48. The topological polar surface area (TPSA) is 51.2 Å². The third kappa shape index (κ3) is 2.72. The highest BCUT2D eigenvalue weighted by molar-refractivity contribution is 9.10. The van der Waals surface area contributed by atoms with Gasteiger partial charge in [0.15, 0.2) is 0 Å². The number of hydrogen-bond donors (Lipinski definition) is 1. The molecule has 86 valence electrons. The van der Waals surface area contributed by atoms with Gasteiger partial charge >= 0.3 is 0 Å². The highest BCUT2D eigenvalue weighted by Gasteiger charge is 2.40. The fourth-order valence-corrected chi connectivity index (χ4v) is 1.69. The summed E-state index contributed by atoms with van der Waals surface area (Å²) in [7, 11) is 0. The van der Waals surface area contributed by atoms with Crippen molar-refractivity contribution in [1.82, 2.24) is 4.98 Å². The van der Waals surface area contributed by atoms with Crippen molar-refractivity contribution in [3.05, 3.63) is 16.7 Å². The van der Waals surface area contributed by atoms with Gasteiger partial charge in [-0.25, -0.2) is 4.98 Å². The summed E-state index contributed by atoms with van der Waals surface area (Å²) in [5.74, 6) is 0.464. The smallest absolute Gasteiger partial charge is 0.221 e. The summed E-state index contributed by atoms with van der Waals surface area (Å²) in [5, 5.41) is 2.67. The van der Waals surface area contributed by atoms with Gasteiger partial charge in [-0.2, -0.15) is 0 Å². The van der Waals surface area contributed by atoms with E-state index in [4.69, 9.17) is 4.74 Å². The number of carbonyl (C=O) groups excluding carboxylic acids is 1. The van der Waals surface area contributed by atoms with Crippen LogP contribution in [0.1, 0.15) is 26.7 Å². The summed E-state index contributed by atoms with van der Waals surface area (Å²) in [4.78, 5) is 15.1. The molecule has 1 fully saturated rings. The third-order valence-electron chi connectivity index (χ3n) is 2.44. The second kappa shape index (κ2) is 4.05. The standard InChI is InChI=1S/C11H13BrN2O2/c1-7(15)13-8-3-4-9(14-10(8)12)16-11(2)5-6-11/h3-4H,5-6H2,1-2H3,(H,13,15). The number of ether oxygens (including phenoxy) is 1. The predicted octanol–water partition coefficient (Wildman–Crippen LogP) is 2.73. The van der Waals surface area contributed by atoms with E-state index >= 15 is 0 Å². The van der Waals surface area contributed by atoms with Gasteiger partial charge in [-0.1, -0.05) is 0 Å². The molecule has 4 nitrogen and oxygen atoms in total. The van der Waals surface area contributed by atoms with Crippen molar-refractivity contribution in [2.45, 2.75) is 32.3 Å². The van der Waals surface area contributed by atoms with E-state index in [2.05, 4.69) is 33.2 Å². The minimum Gasteiger partial charge on any atom is -0.471 e. The van der Waals surface area contributed by atoms with Crippen LogP contribution in [0.3, 0.4) is 0 Å². The van der Waals surface area contributed by atoms with Crippen molar-refractivity contribution >= 4 is 27.5 Å². The number of nitrogens with zero attached hydrogens (tertiary/aromatic N) is 1. The van der Waals surface area contributed by atoms with Gasteiger partial charge in [-0.3, -0.25) is 4.79 Å². The second-order valence-corrected chi connectivity index (χ2v) is 4.97. The Morgan fingerprint density at radius 1 is 1.56 bits per heavy atom. The first-order valence-corrected chi connectivity index (χ1v) is 5.91. The maximum Gasteiger partial charge on any atom is 0.221 e. The van der Waals surface area contributed by atoms with E-state index in [1.54, 1.807) is 12.1 Å². The van der Waals surface area contributed by atoms with Crippen LogP contribution >= 0.6 is 15.9 Å². The number of amides is 1. The van der Waals surface area contributed by atoms with Crippen molar-refractivity contribution in [3.63, 3.8) is 0 Å². The first kappa shape index (κ1) is 11.4. The molecule has 0 saturated heterocycles. The van der Waals surface area contributed by atoms with Crippen LogP contribution in [0.5, 0.6) is 5.88 Å². The quantitative estimate of drug-likeness (QED) is 0.869. The lowest BCUT2D eigenvalue weighted by atomic mass is 10.4. The molecular weight excluding hydrogens is 272 g/mol. The van der Waals surface area contributed by atoms with E-state index in [0.29, 0.717) is 16.2 Å². The molecule has 1 heterocycles. The summed E-state index contributed by atoms with van der Waals surface area (Å²) in [6, 6.07) is 3.54. The van der Waals surface area contributed by atoms with Crippen LogP contribution in [-0.2, 0) is 4.79 Å². The van der Waals surface area contributed by atoms with Gasteiger partial charge in [0, 0.05) is 13.0 Å². The van der Waals surface area contributed by atoms with Crippen LogP contribution in [0.2, 0.25) is 0 Å². The Morgan fingerprint density at radius 2 is 2.25 bits per heavy atom. The van der Waals surface area contributed by atoms with E-state index in [1.165, 1.54) is 6.92 Å². The molecule has 0 aromatic carbocycles. The fourth-order valence-electron chi connectivity index (χ4n) is 1.29. The zero-order valence-corrected chi connectivity index (χ0v) is 10.8. The largest absolute Gasteiger partial charge is 0.471 e. The summed E-state index contributed by atoms with van der Waals surface area (Å²) in [5.41, 5.74) is 0.614. The molecule has 0 spiro atoms. The SMILES string of the molecule is CC(=O)Nc1ccc(OC2(C)CC2)nc1Br. The molecule has 2 rings (SSSR count). The van der Waals surface area contributed by atoms with E-state index in [-0.39, 0.29) is 11.5 Å². The van der Waals surface area contributed by atoms with E-state index in [1.807, 2.05) is 0 Å². The van der Waals surface area contributed by atoms with Gasteiger partial charge in [-0.15, -0.1) is 0 Å². The molecular formula is C11H13BrN2O2. The third-order valence-corrected chi connectivity index (χ3v) is 3.04. The van der Waals surface area contributed by atoms with Crippen molar-refractivity contribution in [2.24, 2.45) is 0 Å². The number of hydrogen-bond acceptors (Lipinski definition) is 3. The zero-order chi connectivity index (χ0) is 11.8. The molecule has 0 unspecified atom stereocenters. The Kier molecular flexibility index (Phi) is 2.88. The average molecular weight is 285 g/mol. The summed E-state index contributed by atoms with van der Waals surface area (Å²) < 4.78 is 6.29. The molecule has 1 aliphatic rings. The van der Waals surface area contributed by atoms with Crippen LogP contribution in [0.25, 0.3) is 0 Å². The van der Waals surface area contributed by atoms with Gasteiger partial charge in [0.1, 0.15) is 10.2 Å². The normalized spacial score (nSPS) is 16.7. The highest BCUT2D eigenvalue weighted by Crippen LogP contribution is 2.39. The zero-order valence-electron chi connectivity index (χ0n) is 9.21. The Morgan fingerprint density at radius 3 is 2.75 bits per heavy atom. The second-order valence-electron chi connectivity index (χ2n) is 4.22. The predicted molar refractivity (Wildman–Crippen MR) is 64.5 cm³/mol. The fraction of sp³-hybridized carbons (Fsp3) is 0.455. The number of aromatic nitrogens is 1. The van der Waals surface area contributed by atoms with Crippen molar-refractivity contribution in [1.29, 1.82) is 0 Å². The minimum absolute atomic E-state index is 0.0397. The molecule has 1 saturated carbocycles. The molecule has 1 aromatic rings. The highest BCUT2D eigenvalue weighted by atomic mass is 79.9. The average Bonchev–Trinajstić information content (AvgIpc) is 2.88. The Labute approximate surface area is 103 Å². The molecule has 1 N–H and O–H groups in total. The van der Waals surface area contributed by atoms with E-state index in [9.17, 15) is 4.79 Å². The van der Waals surface area contributed by atoms with Gasteiger partial charge in [-0.05, 0) is 41.8 Å². The molecule has 0 aliphatic heterocycles. The van der Waals surface area contributed by atoms with Gasteiger partial charge in [0.2, 0.25) is 11.8 Å².